The predicted octanol–water partition coefficient (Wildman–Crippen LogP) is 3.82. The number of nitrogens with zero attached hydrogens (tertiary/aromatic N) is 1. The van der Waals surface area contributed by atoms with Gasteiger partial charge < -0.3 is 5.32 Å². The van der Waals surface area contributed by atoms with Crippen molar-refractivity contribution < 1.29 is 4.79 Å². The Balaban J connectivity index is 1.89. The van der Waals surface area contributed by atoms with Crippen LogP contribution in [0.1, 0.15) is 18.1 Å². The van der Waals surface area contributed by atoms with Crippen molar-refractivity contribution in [2.75, 3.05) is 5.32 Å². The van der Waals surface area contributed by atoms with Crippen molar-refractivity contribution in [1.82, 2.24) is 0 Å². The van der Waals surface area contributed by atoms with Crippen LogP contribution in [-0.2, 0) is 10.5 Å². The van der Waals surface area contributed by atoms with Crippen molar-refractivity contribution >= 4 is 23.4 Å². The summed E-state index contributed by atoms with van der Waals surface area (Å²) < 4.78 is 0. The summed E-state index contributed by atoms with van der Waals surface area (Å²) in [6.45, 7) is 1.89. The van der Waals surface area contributed by atoms with E-state index in [9.17, 15) is 4.79 Å². The summed E-state index contributed by atoms with van der Waals surface area (Å²) in [6, 6.07) is 19.1. The average Bonchev–Trinajstić information content (AvgIpc) is 2.53. The average molecular weight is 296 g/mol. The molecule has 1 N–H and O–H groups in total. The second-order valence-electron chi connectivity index (χ2n) is 4.62. The van der Waals surface area contributed by atoms with E-state index in [1.165, 1.54) is 5.56 Å². The molecular formula is C17H16N2OS. The van der Waals surface area contributed by atoms with Crippen molar-refractivity contribution in [3.05, 3.63) is 65.7 Å². The molecule has 2 aromatic carbocycles. The number of anilines is 1. The van der Waals surface area contributed by atoms with Gasteiger partial charge in [-0.15, -0.1) is 11.8 Å². The minimum Gasteiger partial charge on any atom is -0.325 e. The molecule has 0 aliphatic rings. The molecule has 21 heavy (non-hydrogen) atoms. The summed E-state index contributed by atoms with van der Waals surface area (Å²) in [6.07, 6.45) is 0. The molecule has 0 unspecified atom stereocenters. The van der Waals surface area contributed by atoms with Gasteiger partial charge >= 0.3 is 0 Å². The molecule has 0 spiro atoms. The molecular weight excluding hydrogens is 280 g/mol. The molecule has 0 aliphatic carbocycles. The number of benzene rings is 2. The van der Waals surface area contributed by atoms with Crippen molar-refractivity contribution in [3.63, 3.8) is 0 Å². The summed E-state index contributed by atoms with van der Waals surface area (Å²) in [5, 5.41) is 11.5. The maximum atomic E-state index is 12.1. The van der Waals surface area contributed by atoms with Gasteiger partial charge in [0, 0.05) is 11.4 Å². The summed E-state index contributed by atoms with van der Waals surface area (Å²) in [4.78, 5) is 12.1. The van der Waals surface area contributed by atoms with Gasteiger partial charge in [0.15, 0.2) is 0 Å². The van der Waals surface area contributed by atoms with E-state index in [1.54, 1.807) is 36.0 Å². The van der Waals surface area contributed by atoms with Crippen LogP contribution in [0.4, 0.5) is 5.69 Å². The Bertz CT molecular complexity index is 649. The minimum absolute atomic E-state index is 0.0500. The molecule has 0 aliphatic heterocycles. The number of nitrogens with one attached hydrogen (secondary N) is 1. The van der Waals surface area contributed by atoms with E-state index in [0.717, 1.165) is 5.75 Å². The standard InChI is InChI=1S/C17H16N2OS/c1-13(21-12-14-6-3-2-4-7-14)17(20)19-16-9-5-8-15(10-16)11-18/h2-10,13H,12H2,1H3,(H,19,20)/t13-/m0/s1. The molecule has 106 valence electrons. The fourth-order valence-electron chi connectivity index (χ4n) is 1.78. The van der Waals surface area contributed by atoms with E-state index in [0.29, 0.717) is 11.3 Å². The van der Waals surface area contributed by atoms with Crippen molar-refractivity contribution in [2.24, 2.45) is 0 Å². The minimum atomic E-state index is -0.157. The quantitative estimate of drug-likeness (QED) is 0.912. The molecule has 0 fully saturated rings. The highest BCUT2D eigenvalue weighted by Crippen LogP contribution is 2.19. The SMILES string of the molecule is C[C@H](SCc1ccccc1)C(=O)Nc1cccc(C#N)c1. The largest absolute Gasteiger partial charge is 0.325 e. The second-order valence-corrected chi connectivity index (χ2v) is 5.95. The zero-order valence-corrected chi connectivity index (χ0v) is 12.6. The van der Waals surface area contributed by atoms with Crippen LogP contribution in [0.2, 0.25) is 0 Å². The Morgan fingerprint density at radius 1 is 1.24 bits per heavy atom. The van der Waals surface area contributed by atoms with Gasteiger partial charge in [-0.05, 0) is 30.7 Å². The molecule has 0 aromatic heterocycles. The lowest BCUT2D eigenvalue weighted by molar-refractivity contribution is -0.115. The number of carbonyl (C=O) groups excluding carboxylic acids is 1. The van der Waals surface area contributed by atoms with Gasteiger partial charge in [0.1, 0.15) is 0 Å². The van der Waals surface area contributed by atoms with Crippen LogP contribution in [0, 0.1) is 11.3 Å². The van der Waals surface area contributed by atoms with Crippen LogP contribution in [-0.4, -0.2) is 11.2 Å². The molecule has 0 heterocycles. The molecule has 2 aromatic rings. The smallest absolute Gasteiger partial charge is 0.237 e. The monoisotopic (exact) mass is 296 g/mol. The van der Waals surface area contributed by atoms with Crippen LogP contribution in [0.5, 0.6) is 0 Å². The van der Waals surface area contributed by atoms with Crippen LogP contribution in [0.3, 0.4) is 0 Å². The molecule has 2 rings (SSSR count). The molecule has 3 nitrogen and oxygen atoms in total. The number of hydrogen-bond acceptors (Lipinski definition) is 3. The van der Waals surface area contributed by atoms with Gasteiger partial charge in [0.2, 0.25) is 5.91 Å². The van der Waals surface area contributed by atoms with Gasteiger partial charge in [-0.3, -0.25) is 4.79 Å². The Morgan fingerprint density at radius 3 is 2.71 bits per heavy atom. The maximum Gasteiger partial charge on any atom is 0.237 e. The van der Waals surface area contributed by atoms with E-state index in [2.05, 4.69) is 11.4 Å². The lowest BCUT2D eigenvalue weighted by atomic mass is 10.2. The molecule has 4 heteroatoms. The van der Waals surface area contributed by atoms with Gasteiger partial charge in [-0.2, -0.15) is 5.26 Å². The van der Waals surface area contributed by atoms with Gasteiger partial charge in [0.25, 0.3) is 0 Å². The first-order chi connectivity index (χ1) is 10.2. The highest BCUT2D eigenvalue weighted by atomic mass is 32.2. The Labute approximate surface area is 129 Å². The highest BCUT2D eigenvalue weighted by Gasteiger charge is 2.13. The van der Waals surface area contributed by atoms with Crippen LogP contribution >= 0.6 is 11.8 Å². The fourth-order valence-corrected chi connectivity index (χ4v) is 2.63. The summed E-state index contributed by atoms with van der Waals surface area (Å²) in [5.74, 6) is 0.749. The first kappa shape index (κ1) is 15.1. The van der Waals surface area contributed by atoms with E-state index < -0.39 is 0 Å². The molecule has 0 bridgehead atoms. The highest BCUT2D eigenvalue weighted by molar-refractivity contribution is 7.99. The van der Waals surface area contributed by atoms with Gasteiger partial charge in [-0.1, -0.05) is 36.4 Å². The normalized spacial score (nSPS) is 11.4. The van der Waals surface area contributed by atoms with Crippen molar-refractivity contribution in [3.8, 4) is 6.07 Å². The number of carbonyl (C=O) groups is 1. The van der Waals surface area contributed by atoms with Crippen LogP contribution in [0.15, 0.2) is 54.6 Å². The number of rotatable bonds is 5. The summed E-state index contributed by atoms with van der Waals surface area (Å²) >= 11 is 1.59. The lowest BCUT2D eigenvalue weighted by Gasteiger charge is -2.12. The third kappa shape index (κ3) is 4.66. The number of amides is 1. The van der Waals surface area contributed by atoms with Gasteiger partial charge in [0.05, 0.1) is 16.9 Å². The lowest BCUT2D eigenvalue weighted by Crippen LogP contribution is -2.22. The van der Waals surface area contributed by atoms with E-state index in [-0.39, 0.29) is 11.2 Å². The number of hydrogen-bond donors (Lipinski definition) is 1. The van der Waals surface area contributed by atoms with Crippen LogP contribution < -0.4 is 5.32 Å². The van der Waals surface area contributed by atoms with E-state index >= 15 is 0 Å². The summed E-state index contributed by atoms with van der Waals surface area (Å²) in [5.41, 5.74) is 2.40. The first-order valence-electron chi connectivity index (χ1n) is 6.65. The third-order valence-electron chi connectivity index (χ3n) is 2.97. The zero-order chi connectivity index (χ0) is 15.1. The fraction of sp³-hybridized carbons (Fsp3) is 0.176. The molecule has 1 atom stereocenters. The van der Waals surface area contributed by atoms with E-state index in [4.69, 9.17) is 5.26 Å². The molecule has 1 amide bonds. The predicted molar refractivity (Wildman–Crippen MR) is 87.0 cm³/mol. The third-order valence-corrected chi connectivity index (χ3v) is 4.19. The maximum absolute atomic E-state index is 12.1. The zero-order valence-electron chi connectivity index (χ0n) is 11.7. The number of nitriles is 1. The number of thioether (sulfide) groups is 1. The summed E-state index contributed by atoms with van der Waals surface area (Å²) in [7, 11) is 0. The van der Waals surface area contributed by atoms with Crippen LogP contribution in [0.25, 0.3) is 0 Å². The Kier molecular flexibility index (Phi) is 5.42. The molecule has 0 saturated carbocycles. The van der Waals surface area contributed by atoms with Crippen molar-refractivity contribution in [2.45, 2.75) is 17.9 Å². The molecule has 0 saturated heterocycles. The Hall–Kier alpha value is -2.25. The second kappa shape index (κ2) is 7.51. The first-order valence-corrected chi connectivity index (χ1v) is 7.70. The Morgan fingerprint density at radius 2 is 2.00 bits per heavy atom. The van der Waals surface area contributed by atoms with Gasteiger partial charge in [-0.25, -0.2) is 0 Å². The topological polar surface area (TPSA) is 52.9 Å². The van der Waals surface area contributed by atoms with Crippen molar-refractivity contribution in [1.29, 1.82) is 5.26 Å². The molecule has 0 radical (unpaired) electrons. The van der Waals surface area contributed by atoms with E-state index in [1.807, 2.05) is 37.3 Å².